The van der Waals surface area contributed by atoms with Crippen LogP contribution in [0.2, 0.25) is 0 Å². The minimum Gasteiger partial charge on any atom is -0.425 e. The van der Waals surface area contributed by atoms with E-state index in [0.717, 1.165) is 18.8 Å². The molecule has 0 aliphatic carbocycles. The van der Waals surface area contributed by atoms with Crippen molar-refractivity contribution in [3.8, 4) is 5.75 Å². The van der Waals surface area contributed by atoms with E-state index in [2.05, 4.69) is 4.90 Å². The van der Waals surface area contributed by atoms with E-state index in [1.165, 1.54) is 12.8 Å². The zero-order valence-corrected chi connectivity index (χ0v) is 9.06. The van der Waals surface area contributed by atoms with Crippen LogP contribution in [0.4, 0.5) is 5.69 Å². The maximum atomic E-state index is 10.8. The Morgan fingerprint density at radius 1 is 1.25 bits per heavy atom. The number of rotatable bonds is 3. The van der Waals surface area contributed by atoms with Crippen molar-refractivity contribution in [1.82, 2.24) is 0 Å². The number of hydrogen-bond donors (Lipinski definition) is 1. The molecule has 0 amide bonds. The number of aliphatic hydroxyl groups excluding tert-OH is 1. The highest BCUT2D eigenvalue weighted by Gasteiger charge is 2.12. The van der Waals surface area contributed by atoms with Crippen LogP contribution >= 0.6 is 0 Å². The van der Waals surface area contributed by atoms with Crippen LogP contribution in [0, 0.1) is 0 Å². The van der Waals surface area contributed by atoms with Crippen molar-refractivity contribution >= 4 is 11.7 Å². The average molecular weight is 221 g/mol. The Morgan fingerprint density at radius 2 is 1.88 bits per heavy atom. The second kappa shape index (κ2) is 4.99. The van der Waals surface area contributed by atoms with Crippen LogP contribution < -0.4 is 9.64 Å². The van der Waals surface area contributed by atoms with Crippen molar-refractivity contribution in [2.24, 2.45) is 0 Å². The molecule has 0 spiro atoms. The van der Waals surface area contributed by atoms with Gasteiger partial charge in [0.25, 0.3) is 0 Å². The lowest BCUT2D eigenvalue weighted by molar-refractivity contribution is -0.137. The number of hydrogen-bond acceptors (Lipinski definition) is 4. The summed E-state index contributed by atoms with van der Waals surface area (Å²) in [5, 5.41) is 8.54. The van der Waals surface area contributed by atoms with Crippen LogP contribution in [0.3, 0.4) is 0 Å². The van der Waals surface area contributed by atoms with Crippen LogP contribution in [0.25, 0.3) is 0 Å². The normalized spacial score (nSPS) is 15.2. The van der Waals surface area contributed by atoms with Gasteiger partial charge in [-0.1, -0.05) is 0 Å². The number of carbonyl (C=O) groups excluding carboxylic acids is 1. The molecule has 1 fully saturated rings. The molecule has 16 heavy (non-hydrogen) atoms. The number of nitrogens with zero attached hydrogens (tertiary/aromatic N) is 1. The van der Waals surface area contributed by atoms with Crippen molar-refractivity contribution in [3.63, 3.8) is 0 Å². The first-order valence-electron chi connectivity index (χ1n) is 5.46. The Labute approximate surface area is 94.4 Å². The number of esters is 1. The van der Waals surface area contributed by atoms with Crippen LogP contribution in [-0.2, 0) is 4.79 Å². The van der Waals surface area contributed by atoms with E-state index in [-0.39, 0.29) is 0 Å². The Hall–Kier alpha value is -1.55. The highest BCUT2D eigenvalue weighted by atomic mass is 16.5. The highest BCUT2D eigenvalue weighted by molar-refractivity contribution is 5.73. The standard InChI is InChI=1S/C12H15NO3/c14-9-12(15)16-11-5-3-10(4-6-11)13-7-1-2-8-13/h3-6,14H,1-2,7-9H2. The number of ether oxygens (including phenoxy) is 1. The van der Waals surface area contributed by atoms with Crippen molar-refractivity contribution in [1.29, 1.82) is 0 Å². The summed E-state index contributed by atoms with van der Waals surface area (Å²) in [6.07, 6.45) is 2.47. The van der Waals surface area contributed by atoms with E-state index < -0.39 is 12.6 Å². The molecule has 1 heterocycles. The van der Waals surface area contributed by atoms with Crippen LogP contribution in [-0.4, -0.2) is 30.8 Å². The summed E-state index contributed by atoms with van der Waals surface area (Å²) in [5.74, 6) is -0.157. The molecule has 1 aliphatic rings. The third-order valence-electron chi connectivity index (χ3n) is 2.67. The van der Waals surface area contributed by atoms with Gasteiger partial charge in [-0.25, -0.2) is 4.79 Å². The first kappa shape index (κ1) is 11.0. The lowest BCUT2D eigenvalue weighted by Gasteiger charge is -2.17. The van der Waals surface area contributed by atoms with Gasteiger partial charge < -0.3 is 14.7 Å². The van der Waals surface area contributed by atoms with Crippen LogP contribution in [0.1, 0.15) is 12.8 Å². The first-order valence-corrected chi connectivity index (χ1v) is 5.46. The fraction of sp³-hybridized carbons (Fsp3) is 0.417. The van der Waals surface area contributed by atoms with E-state index in [1.807, 2.05) is 12.1 Å². The molecule has 1 saturated heterocycles. The molecular formula is C12H15NO3. The largest absolute Gasteiger partial charge is 0.425 e. The summed E-state index contributed by atoms with van der Waals surface area (Å²) in [5.41, 5.74) is 1.15. The molecule has 1 aliphatic heterocycles. The quantitative estimate of drug-likeness (QED) is 0.615. The van der Waals surface area contributed by atoms with Crippen LogP contribution in [0.5, 0.6) is 5.75 Å². The third-order valence-corrected chi connectivity index (χ3v) is 2.67. The second-order valence-corrected chi connectivity index (χ2v) is 3.82. The first-order chi connectivity index (χ1) is 7.79. The smallest absolute Gasteiger partial charge is 0.337 e. The number of benzene rings is 1. The number of aliphatic hydroxyl groups is 1. The second-order valence-electron chi connectivity index (χ2n) is 3.82. The molecule has 0 atom stereocenters. The van der Waals surface area contributed by atoms with Crippen molar-refractivity contribution in [3.05, 3.63) is 24.3 Å². The van der Waals surface area contributed by atoms with E-state index in [4.69, 9.17) is 9.84 Å². The van der Waals surface area contributed by atoms with Gasteiger partial charge in [-0.05, 0) is 37.1 Å². The maximum absolute atomic E-state index is 10.8. The van der Waals surface area contributed by atoms with Gasteiger partial charge >= 0.3 is 5.97 Å². The van der Waals surface area contributed by atoms with Crippen molar-refractivity contribution in [2.45, 2.75) is 12.8 Å². The number of carbonyl (C=O) groups is 1. The van der Waals surface area contributed by atoms with Crippen molar-refractivity contribution < 1.29 is 14.6 Å². The van der Waals surface area contributed by atoms with Gasteiger partial charge in [0.1, 0.15) is 12.4 Å². The van der Waals surface area contributed by atoms with Crippen molar-refractivity contribution in [2.75, 3.05) is 24.6 Å². The molecule has 2 rings (SSSR count). The molecule has 0 saturated carbocycles. The van der Waals surface area contributed by atoms with E-state index in [9.17, 15) is 4.79 Å². The lowest BCUT2D eigenvalue weighted by Crippen LogP contribution is -2.17. The molecule has 1 aromatic rings. The van der Waals surface area contributed by atoms with Gasteiger partial charge in [-0.2, -0.15) is 0 Å². The zero-order chi connectivity index (χ0) is 11.4. The molecule has 0 bridgehead atoms. The minimum absolute atomic E-state index is 0.474. The monoisotopic (exact) mass is 221 g/mol. The van der Waals surface area contributed by atoms with Gasteiger partial charge in [-0.3, -0.25) is 0 Å². The molecule has 86 valence electrons. The lowest BCUT2D eigenvalue weighted by atomic mass is 10.3. The molecule has 0 radical (unpaired) electrons. The summed E-state index contributed by atoms with van der Waals surface area (Å²) >= 11 is 0. The third kappa shape index (κ3) is 2.52. The van der Waals surface area contributed by atoms with E-state index >= 15 is 0 Å². The average Bonchev–Trinajstić information content (AvgIpc) is 2.83. The Morgan fingerprint density at radius 3 is 2.44 bits per heavy atom. The molecule has 4 heteroatoms. The topological polar surface area (TPSA) is 49.8 Å². The maximum Gasteiger partial charge on any atom is 0.337 e. The highest BCUT2D eigenvalue weighted by Crippen LogP contribution is 2.22. The summed E-state index contributed by atoms with van der Waals surface area (Å²) in [6.45, 7) is 1.60. The number of anilines is 1. The Balaban J connectivity index is 2.01. The van der Waals surface area contributed by atoms with Gasteiger partial charge in [0.2, 0.25) is 0 Å². The van der Waals surface area contributed by atoms with Gasteiger partial charge in [0.05, 0.1) is 0 Å². The summed E-state index contributed by atoms with van der Waals surface area (Å²) < 4.78 is 4.87. The Bertz CT molecular complexity index is 355. The van der Waals surface area contributed by atoms with Gasteiger partial charge in [0, 0.05) is 18.8 Å². The Kier molecular flexibility index (Phi) is 3.41. The molecule has 1 N–H and O–H groups in total. The molecular weight excluding hydrogens is 206 g/mol. The molecule has 1 aromatic carbocycles. The SMILES string of the molecule is O=C(CO)Oc1ccc(N2CCCC2)cc1. The summed E-state index contributed by atoms with van der Waals surface area (Å²) in [6, 6.07) is 7.37. The zero-order valence-electron chi connectivity index (χ0n) is 9.06. The van der Waals surface area contributed by atoms with E-state index in [1.54, 1.807) is 12.1 Å². The predicted octanol–water partition coefficient (Wildman–Crippen LogP) is 1.18. The predicted molar refractivity (Wildman–Crippen MR) is 60.6 cm³/mol. The summed E-state index contributed by atoms with van der Waals surface area (Å²) in [7, 11) is 0. The molecule has 0 unspecified atom stereocenters. The van der Waals surface area contributed by atoms with Gasteiger partial charge in [0.15, 0.2) is 0 Å². The minimum atomic E-state index is -0.631. The fourth-order valence-corrected chi connectivity index (χ4v) is 1.86. The molecule has 0 aromatic heterocycles. The van der Waals surface area contributed by atoms with Crippen LogP contribution in [0.15, 0.2) is 24.3 Å². The fourth-order valence-electron chi connectivity index (χ4n) is 1.86. The summed E-state index contributed by atoms with van der Waals surface area (Å²) in [4.78, 5) is 13.1. The molecule has 4 nitrogen and oxygen atoms in total. The van der Waals surface area contributed by atoms with Gasteiger partial charge in [-0.15, -0.1) is 0 Å². The van der Waals surface area contributed by atoms with E-state index in [0.29, 0.717) is 5.75 Å².